The molecule has 2 aromatic carbocycles. The molecule has 2 rings (SSSR count). The fraction of sp³-hybridized carbons (Fsp3) is 0. The van der Waals surface area contributed by atoms with E-state index in [1.54, 1.807) is 36.4 Å². The zero-order valence-electron chi connectivity index (χ0n) is 10.4. The fourth-order valence-electron chi connectivity index (χ4n) is 1.64. The number of ketones is 1. The van der Waals surface area contributed by atoms with E-state index in [2.05, 4.69) is 0 Å². The molecule has 0 spiro atoms. The van der Waals surface area contributed by atoms with Gasteiger partial charge in [0.1, 0.15) is 17.4 Å². The quantitative estimate of drug-likeness (QED) is 0.529. The van der Waals surface area contributed by atoms with Gasteiger partial charge in [-0.1, -0.05) is 23.7 Å². The molecule has 0 fully saturated rings. The summed E-state index contributed by atoms with van der Waals surface area (Å²) >= 11 is 5.76. The number of halogens is 1. The molecule has 2 aromatic rings. The second-order valence-electron chi connectivity index (χ2n) is 4.10. The van der Waals surface area contributed by atoms with Crippen molar-refractivity contribution in [3.8, 4) is 11.8 Å². The topological polar surface area (TPSA) is 61.1 Å². The predicted molar refractivity (Wildman–Crippen MR) is 77.5 cm³/mol. The molecule has 0 radical (unpaired) electrons. The van der Waals surface area contributed by atoms with Crippen molar-refractivity contribution in [3.05, 3.63) is 70.3 Å². The minimum atomic E-state index is -0.364. The molecule has 1 N–H and O–H groups in total. The van der Waals surface area contributed by atoms with Crippen molar-refractivity contribution in [2.45, 2.75) is 0 Å². The molecule has 0 bridgehead atoms. The van der Waals surface area contributed by atoms with Gasteiger partial charge in [-0.25, -0.2) is 0 Å². The first kappa shape index (κ1) is 13.9. The maximum absolute atomic E-state index is 12.2. The monoisotopic (exact) mass is 283 g/mol. The molecule has 0 saturated heterocycles. The Hall–Kier alpha value is -2.57. The lowest BCUT2D eigenvalue weighted by Gasteiger charge is -2.00. The van der Waals surface area contributed by atoms with Gasteiger partial charge in [0.2, 0.25) is 5.78 Å². The van der Waals surface area contributed by atoms with Crippen molar-refractivity contribution in [1.82, 2.24) is 0 Å². The van der Waals surface area contributed by atoms with Crippen LogP contribution in [0.15, 0.2) is 54.1 Å². The number of carbonyl (C=O) groups excluding carboxylic acids is 1. The smallest absolute Gasteiger partial charge is 0.203 e. The third kappa shape index (κ3) is 3.25. The Morgan fingerprint density at radius 1 is 1.10 bits per heavy atom. The highest BCUT2D eigenvalue weighted by Gasteiger charge is 2.11. The third-order valence-electron chi connectivity index (χ3n) is 2.68. The standard InChI is InChI=1S/C16H10ClNO2/c17-14-5-3-12(4-6-14)16(20)13(10-18)9-11-1-7-15(19)8-2-11/h1-9,19H/b13-9+. The molecular formula is C16H10ClNO2. The Morgan fingerprint density at radius 2 is 1.70 bits per heavy atom. The van der Waals surface area contributed by atoms with E-state index in [0.717, 1.165) is 0 Å². The molecular weight excluding hydrogens is 274 g/mol. The minimum absolute atomic E-state index is 0.0259. The number of benzene rings is 2. The van der Waals surface area contributed by atoms with Crippen LogP contribution < -0.4 is 0 Å². The average molecular weight is 284 g/mol. The molecule has 98 valence electrons. The summed E-state index contributed by atoms with van der Waals surface area (Å²) in [5.74, 6) is -0.234. The summed E-state index contributed by atoms with van der Waals surface area (Å²) in [6, 6.07) is 14.5. The Balaban J connectivity index is 2.32. The van der Waals surface area contributed by atoms with Crippen molar-refractivity contribution in [1.29, 1.82) is 5.26 Å². The second-order valence-corrected chi connectivity index (χ2v) is 4.53. The first-order chi connectivity index (χ1) is 9.60. The molecule has 0 aliphatic carbocycles. The molecule has 0 unspecified atom stereocenters. The molecule has 0 aromatic heterocycles. The second kappa shape index (κ2) is 6.05. The molecule has 0 saturated carbocycles. The van der Waals surface area contributed by atoms with Gasteiger partial charge in [-0.3, -0.25) is 4.79 Å². The van der Waals surface area contributed by atoms with E-state index in [1.807, 2.05) is 6.07 Å². The number of phenolic OH excluding ortho intramolecular Hbond substituents is 1. The SMILES string of the molecule is N#C/C(=C\c1ccc(O)cc1)C(=O)c1ccc(Cl)cc1. The highest BCUT2D eigenvalue weighted by molar-refractivity contribution is 6.30. The lowest BCUT2D eigenvalue weighted by Crippen LogP contribution is -2.01. The zero-order chi connectivity index (χ0) is 14.5. The maximum Gasteiger partial charge on any atom is 0.203 e. The number of allylic oxidation sites excluding steroid dienone is 1. The number of carbonyl (C=O) groups is 1. The summed E-state index contributed by atoms with van der Waals surface area (Å²) in [7, 11) is 0. The zero-order valence-corrected chi connectivity index (χ0v) is 11.1. The molecule has 4 heteroatoms. The van der Waals surface area contributed by atoms with Gasteiger partial charge in [-0.05, 0) is 48.0 Å². The van der Waals surface area contributed by atoms with Gasteiger partial charge >= 0.3 is 0 Å². The van der Waals surface area contributed by atoms with Gasteiger partial charge in [0.05, 0.1) is 0 Å². The highest BCUT2D eigenvalue weighted by Crippen LogP contribution is 2.17. The Labute approximate surface area is 121 Å². The largest absolute Gasteiger partial charge is 0.508 e. The van der Waals surface area contributed by atoms with Crippen LogP contribution in [0.1, 0.15) is 15.9 Å². The van der Waals surface area contributed by atoms with E-state index in [0.29, 0.717) is 16.1 Å². The van der Waals surface area contributed by atoms with Crippen molar-refractivity contribution < 1.29 is 9.90 Å². The van der Waals surface area contributed by atoms with Crippen LogP contribution in [0, 0.1) is 11.3 Å². The molecule has 0 aliphatic heterocycles. The molecule has 0 atom stereocenters. The van der Waals surface area contributed by atoms with Crippen molar-refractivity contribution in [3.63, 3.8) is 0 Å². The third-order valence-corrected chi connectivity index (χ3v) is 2.93. The molecule has 20 heavy (non-hydrogen) atoms. The lowest BCUT2D eigenvalue weighted by atomic mass is 10.0. The van der Waals surface area contributed by atoms with Crippen LogP contribution in [0.2, 0.25) is 5.02 Å². The Morgan fingerprint density at radius 3 is 2.25 bits per heavy atom. The number of nitrogens with zero attached hydrogens (tertiary/aromatic N) is 1. The van der Waals surface area contributed by atoms with Crippen LogP contribution >= 0.6 is 11.6 Å². The van der Waals surface area contributed by atoms with E-state index in [-0.39, 0.29) is 17.1 Å². The predicted octanol–water partition coefficient (Wildman–Crippen LogP) is 3.84. The lowest BCUT2D eigenvalue weighted by molar-refractivity contribution is 0.104. The number of aromatic hydroxyl groups is 1. The van der Waals surface area contributed by atoms with Gasteiger partial charge in [0, 0.05) is 10.6 Å². The molecule has 0 amide bonds. The first-order valence-corrected chi connectivity index (χ1v) is 6.19. The van der Waals surface area contributed by atoms with E-state index >= 15 is 0 Å². The van der Waals surface area contributed by atoms with E-state index < -0.39 is 0 Å². The number of hydrogen-bond donors (Lipinski definition) is 1. The summed E-state index contributed by atoms with van der Waals surface area (Å²) in [6.45, 7) is 0. The van der Waals surface area contributed by atoms with Gasteiger partial charge < -0.3 is 5.11 Å². The summed E-state index contributed by atoms with van der Waals surface area (Å²) in [4.78, 5) is 12.2. The van der Waals surface area contributed by atoms with Crippen LogP contribution in [0.4, 0.5) is 0 Å². The summed E-state index contributed by atoms with van der Waals surface area (Å²) in [5, 5.41) is 18.8. The summed E-state index contributed by atoms with van der Waals surface area (Å²) < 4.78 is 0. The van der Waals surface area contributed by atoms with Crippen LogP contribution in [-0.2, 0) is 0 Å². The number of Topliss-reactive ketones (excluding diaryl/α,β-unsaturated/α-hetero) is 1. The fourth-order valence-corrected chi connectivity index (χ4v) is 1.77. The number of nitriles is 1. The first-order valence-electron chi connectivity index (χ1n) is 5.81. The molecule has 0 heterocycles. The van der Waals surface area contributed by atoms with Crippen LogP contribution in [0.25, 0.3) is 6.08 Å². The van der Waals surface area contributed by atoms with Crippen LogP contribution in [0.3, 0.4) is 0 Å². The average Bonchev–Trinajstić information content (AvgIpc) is 2.47. The molecule has 0 aliphatic rings. The van der Waals surface area contributed by atoms with Crippen LogP contribution in [-0.4, -0.2) is 10.9 Å². The van der Waals surface area contributed by atoms with Crippen LogP contribution in [0.5, 0.6) is 5.75 Å². The highest BCUT2D eigenvalue weighted by atomic mass is 35.5. The number of phenols is 1. The molecule has 3 nitrogen and oxygen atoms in total. The Kier molecular flexibility index (Phi) is 4.19. The summed E-state index contributed by atoms with van der Waals surface area (Å²) in [5.41, 5.74) is 1.10. The van der Waals surface area contributed by atoms with Crippen molar-refractivity contribution in [2.24, 2.45) is 0 Å². The van der Waals surface area contributed by atoms with Crippen molar-refractivity contribution >= 4 is 23.5 Å². The van der Waals surface area contributed by atoms with Gasteiger partial charge in [0.15, 0.2) is 0 Å². The van der Waals surface area contributed by atoms with E-state index in [4.69, 9.17) is 16.9 Å². The summed E-state index contributed by atoms with van der Waals surface area (Å²) in [6.07, 6.45) is 1.48. The minimum Gasteiger partial charge on any atom is -0.508 e. The van der Waals surface area contributed by atoms with E-state index in [9.17, 15) is 9.90 Å². The van der Waals surface area contributed by atoms with Crippen molar-refractivity contribution in [2.75, 3.05) is 0 Å². The van der Waals surface area contributed by atoms with Gasteiger partial charge in [0.25, 0.3) is 0 Å². The Bertz CT molecular complexity index is 695. The van der Waals surface area contributed by atoms with E-state index in [1.165, 1.54) is 18.2 Å². The maximum atomic E-state index is 12.2. The normalized spacial score (nSPS) is 10.9. The van der Waals surface area contributed by atoms with Gasteiger partial charge in [-0.15, -0.1) is 0 Å². The number of rotatable bonds is 3. The van der Waals surface area contributed by atoms with Gasteiger partial charge in [-0.2, -0.15) is 5.26 Å². The number of hydrogen-bond acceptors (Lipinski definition) is 3.